The van der Waals surface area contributed by atoms with Crippen molar-refractivity contribution in [3.8, 4) is 22.6 Å². The fourth-order valence-electron chi connectivity index (χ4n) is 2.96. The lowest BCUT2D eigenvalue weighted by Gasteiger charge is -2.18. The largest absolute Gasteiger partial charge is 0.497 e. The van der Waals surface area contributed by atoms with E-state index in [9.17, 15) is 4.79 Å². The smallest absolute Gasteiger partial charge is 0.262 e. The van der Waals surface area contributed by atoms with E-state index in [2.05, 4.69) is 24.4 Å². The number of benzene rings is 2. The summed E-state index contributed by atoms with van der Waals surface area (Å²) >= 11 is 1.45. The van der Waals surface area contributed by atoms with Crippen molar-refractivity contribution < 1.29 is 14.3 Å². The first-order chi connectivity index (χ1) is 13.0. The van der Waals surface area contributed by atoms with E-state index in [4.69, 9.17) is 9.47 Å². The van der Waals surface area contributed by atoms with Crippen molar-refractivity contribution in [3.63, 3.8) is 0 Å². The molecule has 1 unspecified atom stereocenters. The van der Waals surface area contributed by atoms with E-state index >= 15 is 0 Å². The molecule has 2 aromatic carbocycles. The number of aryl methyl sites for hydroxylation is 1. The summed E-state index contributed by atoms with van der Waals surface area (Å²) in [5.41, 5.74) is 4.09. The Morgan fingerprint density at radius 1 is 1.04 bits per heavy atom. The van der Waals surface area contributed by atoms with Crippen LogP contribution in [0.15, 0.2) is 53.9 Å². The van der Waals surface area contributed by atoms with Crippen LogP contribution in [0, 0.1) is 6.92 Å². The molecule has 27 heavy (non-hydrogen) atoms. The molecule has 0 saturated carbocycles. The number of amides is 1. The Morgan fingerprint density at radius 2 is 1.78 bits per heavy atom. The Kier molecular flexibility index (Phi) is 5.81. The van der Waals surface area contributed by atoms with Crippen LogP contribution in [0.2, 0.25) is 0 Å². The van der Waals surface area contributed by atoms with Crippen molar-refractivity contribution in [2.24, 2.45) is 0 Å². The molecule has 0 bridgehead atoms. The number of hydrogen-bond donors (Lipinski definition) is 1. The second-order valence-electron chi connectivity index (χ2n) is 6.33. The molecule has 3 rings (SSSR count). The highest BCUT2D eigenvalue weighted by molar-refractivity contribution is 7.12. The van der Waals surface area contributed by atoms with Crippen LogP contribution >= 0.6 is 11.3 Å². The Labute approximate surface area is 163 Å². The predicted octanol–water partition coefficient (Wildman–Crippen LogP) is 5.23. The van der Waals surface area contributed by atoms with E-state index in [1.807, 2.05) is 48.7 Å². The topological polar surface area (TPSA) is 47.6 Å². The molecule has 0 aliphatic heterocycles. The number of rotatable bonds is 6. The predicted molar refractivity (Wildman–Crippen MR) is 110 cm³/mol. The van der Waals surface area contributed by atoms with E-state index in [1.165, 1.54) is 16.9 Å². The summed E-state index contributed by atoms with van der Waals surface area (Å²) in [6.45, 7) is 4.00. The number of nitrogens with one attached hydrogen (secondary N) is 1. The van der Waals surface area contributed by atoms with E-state index in [1.54, 1.807) is 14.2 Å². The van der Waals surface area contributed by atoms with Gasteiger partial charge >= 0.3 is 0 Å². The lowest BCUT2D eigenvalue weighted by Crippen LogP contribution is -2.26. The van der Waals surface area contributed by atoms with Gasteiger partial charge < -0.3 is 14.8 Å². The van der Waals surface area contributed by atoms with Gasteiger partial charge in [-0.15, -0.1) is 11.3 Å². The monoisotopic (exact) mass is 381 g/mol. The average Bonchev–Trinajstić information content (AvgIpc) is 3.17. The fourth-order valence-corrected chi connectivity index (χ4v) is 3.78. The number of methoxy groups -OCH3 is 2. The third-order valence-electron chi connectivity index (χ3n) is 4.49. The highest BCUT2D eigenvalue weighted by atomic mass is 32.1. The van der Waals surface area contributed by atoms with Gasteiger partial charge in [-0.05, 0) is 43.0 Å². The normalized spacial score (nSPS) is 11.7. The van der Waals surface area contributed by atoms with Gasteiger partial charge in [0.15, 0.2) is 0 Å². The first kappa shape index (κ1) is 19.0. The Morgan fingerprint density at radius 3 is 2.44 bits per heavy atom. The second-order valence-corrected chi connectivity index (χ2v) is 7.25. The molecule has 3 aromatic rings. The molecule has 0 aliphatic carbocycles. The highest BCUT2D eigenvalue weighted by Crippen LogP contribution is 2.32. The van der Waals surface area contributed by atoms with Crippen LogP contribution < -0.4 is 14.8 Å². The van der Waals surface area contributed by atoms with Gasteiger partial charge in [0.05, 0.1) is 25.1 Å². The van der Waals surface area contributed by atoms with Gasteiger partial charge in [-0.1, -0.05) is 29.8 Å². The van der Waals surface area contributed by atoms with Crippen LogP contribution in [0.3, 0.4) is 0 Å². The number of carbonyl (C=O) groups excluding carboxylic acids is 1. The van der Waals surface area contributed by atoms with Crippen LogP contribution in [0.4, 0.5) is 0 Å². The SMILES string of the molecule is COc1ccc(C(C)NC(=O)c2sccc2-c2ccc(C)cc2)c(OC)c1. The molecule has 1 amide bonds. The molecule has 1 heterocycles. The Bertz CT molecular complexity index is 931. The zero-order valence-electron chi connectivity index (χ0n) is 15.9. The van der Waals surface area contributed by atoms with Gasteiger partial charge in [0.1, 0.15) is 11.5 Å². The average molecular weight is 381 g/mol. The van der Waals surface area contributed by atoms with Crippen molar-refractivity contribution in [2.45, 2.75) is 19.9 Å². The zero-order chi connectivity index (χ0) is 19.4. The molecule has 0 aliphatic rings. The molecule has 0 radical (unpaired) electrons. The minimum absolute atomic E-state index is 0.0917. The van der Waals surface area contributed by atoms with Gasteiger partial charge in [-0.25, -0.2) is 0 Å². The first-order valence-electron chi connectivity index (χ1n) is 8.70. The first-order valence-corrected chi connectivity index (χ1v) is 9.58. The van der Waals surface area contributed by atoms with E-state index in [-0.39, 0.29) is 11.9 Å². The summed E-state index contributed by atoms with van der Waals surface area (Å²) in [7, 11) is 3.23. The molecular weight excluding hydrogens is 358 g/mol. The molecule has 1 atom stereocenters. The van der Waals surface area contributed by atoms with Gasteiger partial charge in [0, 0.05) is 17.2 Å². The number of carbonyl (C=O) groups is 1. The summed E-state index contributed by atoms with van der Waals surface area (Å²) in [6.07, 6.45) is 0. The summed E-state index contributed by atoms with van der Waals surface area (Å²) < 4.78 is 10.7. The highest BCUT2D eigenvalue weighted by Gasteiger charge is 2.19. The maximum Gasteiger partial charge on any atom is 0.262 e. The molecule has 5 heteroatoms. The molecule has 4 nitrogen and oxygen atoms in total. The van der Waals surface area contributed by atoms with E-state index < -0.39 is 0 Å². The van der Waals surface area contributed by atoms with Crippen LogP contribution in [-0.2, 0) is 0 Å². The van der Waals surface area contributed by atoms with Gasteiger partial charge in [0.25, 0.3) is 5.91 Å². The van der Waals surface area contributed by atoms with Crippen LogP contribution in [0.25, 0.3) is 11.1 Å². The van der Waals surface area contributed by atoms with Crippen molar-refractivity contribution in [3.05, 3.63) is 69.9 Å². The lowest BCUT2D eigenvalue weighted by molar-refractivity contribution is 0.0944. The Balaban J connectivity index is 1.82. The maximum atomic E-state index is 12.9. The molecule has 140 valence electrons. The molecule has 0 spiro atoms. The van der Waals surface area contributed by atoms with Crippen molar-refractivity contribution in [2.75, 3.05) is 14.2 Å². The number of hydrogen-bond acceptors (Lipinski definition) is 4. The lowest BCUT2D eigenvalue weighted by atomic mass is 10.0. The summed E-state index contributed by atoms with van der Waals surface area (Å²) in [5, 5.41) is 5.03. The minimum Gasteiger partial charge on any atom is -0.497 e. The third kappa shape index (κ3) is 4.14. The zero-order valence-corrected chi connectivity index (χ0v) is 16.7. The van der Waals surface area contributed by atoms with E-state index in [0.717, 1.165) is 16.7 Å². The number of ether oxygens (including phenoxy) is 2. The summed E-state index contributed by atoms with van der Waals surface area (Å²) in [4.78, 5) is 13.6. The van der Waals surface area contributed by atoms with Gasteiger partial charge in [-0.2, -0.15) is 0 Å². The van der Waals surface area contributed by atoms with Crippen molar-refractivity contribution in [1.82, 2.24) is 5.32 Å². The van der Waals surface area contributed by atoms with E-state index in [0.29, 0.717) is 16.4 Å². The second kappa shape index (κ2) is 8.27. The van der Waals surface area contributed by atoms with Gasteiger partial charge in [0.2, 0.25) is 0 Å². The molecule has 1 aromatic heterocycles. The van der Waals surface area contributed by atoms with Crippen LogP contribution in [-0.4, -0.2) is 20.1 Å². The quantitative estimate of drug-likeness (QED) is 0.636. The third-order valence-corrected chi connectivity index (χ3v) is 5.40. The van der Waals surface area contributed by atoms with Crippen molar-refractivity contribution in [1.29, 1.82) is 0 Å². The van der Waals surface area contributed by atoms with Crippen molar-refractivity contribution >= 4 is 17.2 Å². The van der Waals surface area contributed by atoms with Crippen LogP contribution in [0.5, 0.6) is 11.5 Å². The molecule has 0 saturated heterocycles. The van der Waals surface area contributed by atoms with Gasteiger partial charge in [-0.3, -0.25) is 4.79 Å². The fraction of sp³-hybridized carbons (Fsp3) is 0.227. The maximum absolute atomic E-state index is 12.9. The molecular formula is C22H23NO3S. The standard InChI is InChI=1S/C22H23NO3S/c1-14-5-7-16(8-6-14)19-11-12-27-21(19)22(24)23-15(2)18-10-9-17(25-3)13-20(18)26-4/h5-13,15H,1-4H3,(H,23,24). The molecule has 0 fully saturated rings. The minimum atomic E-state index is -0.202. The number of thiophene rings is 1. The summed E-state index contributed by atoms with van der Waals surface area (Å²) in [5.74, 6) is 1.31. The molecule has 1 N–H and O–H groups in total. The summed E-state index contributed by atoms with van der Waals surface area (Å²) in [6, 6.07) is 15.6. The Hall–Kier alpha value is -2.79. The van der Waals surface area contributed by atoms with Crippen LogP contribution in [0.1, 0.15) is 33.8 Å².